The van der Waals surface area contributed by atoms with Crippen LogP contribution in [0, 0.1) is 6.92 Å². The van der Waals surface area contributed by atoms with Crippen LogP contribution in [0.15, 0.2) is 42.5 Å². The molecule has 110 valence electrons. The average molecular weight is 287 g/mol. The maximum absolute atomic E-state index is 8.70. The van der Waals surface area contributed by atoms with Gasteiger partial charge in [0.05, 0.1) is 6.61 Å². The van der Waals surface area contributed by atoms with Crippen LogP contribution >= 0.6 is 0 Å². The summed E-state index contributed by atoms with van der Waals surface area (Å²) in [6.07, 6.45) is 0. The van der Waals surface area contributed by atoms with Gasteiger partial charge in [0.2, 0.25) is 0 Å². The second-order valence-electron chi connectivity index (χ2n) is 4.68. The molecule has 0 saturated heterocycles. The lowest BCUT2D eigenvalue weighted by Crippen LogP contribution is -2.16. The third-order valence-corrected chi connectivity index (χ3v) is 3.10. The molecular weight excluding hydrogens is 269 g/mol. The number of hydrogen-bond donors (Lipinski definition) is 3. The Bertz CT molecular complexity index is 587. The molecule has 2 aromatic carbocycles. The highest BCUT2D eigenvalue weighted by Gasteiger charge is 2.10. The van der Waals surface area contributed by atoms with E-state index in [0.29, 0.717) is 12.3 Å². The molecule has 0 heterocycles. The Morgan fingerprint density at radius 1 is 1.05 bits per heavy atom. The van der Waals surface area contributed by atoms with Crippen molar-refractivity contribution in [2.45, 2.75) is 20.1 Å². The number of aryl methyl sites for hydroxylation is 1. The van der Waals surface area contributed by atoms with E-state index in [-0.39, 0.29) is 6.61 Å². The molecule has 0 aliphatic rings. The highest BCUT2D eigenvalue weighted by molar-refractivity contribution is 6.32. The highest BCUT2D eigenvalue weighted by Crippen LogP contribution is 2.24. The maximum Gasteiger partial charge on any atom is 0.634 e. The summed E-state index contributed by atoms with van der Waals surface area (Å²) in [7, 11) is -1.76. The summed E-state index contributed by atoms with van der Waals surface area (Å²) in [5.74, 6) is 1.45. The molecule has 0 amide bonds. The summed E-state index contributed by atoms with van der Waals surface area (Å²) in [6.45, 7) is 2.55. The third kappa shape index (κ3) is 4.58. The summed E-state index contributed by atoms with van der Waals surface area (Å²) in [5.41, 5.74) is 8.42. The smallest absolute Gasteiger partial charge is 0.457 e. The molecule has 6 heteroatoms. The molecule has 5 nitrogen and oxygen atoms in total. The third-order valence-electron chi connectivity index (χ3n) is 3.10. The number of hydrogen-bond acceptors (Lipinski definition) is 5. The van der Waals surface area contributed by atoms with Crippen LogP contribution in [0.2, 0.25) is 0 Å². The first-order valence-corrected chi connectivity index (χ1v) is 6.62. The van der Waals surface area contributed by atoms with E-state index in [0.717, 1.165) is 22.4 Å². The van der Waals surface area contributed by atoms with Crippen molar-refractivity contribution in [1.29, 1.82) is 0 Å². The molecule has 0 aliphatic heterocycles. The minimum absolute atomic E-state index is 0.134. The summed E-state index contributed by atoms with van der Waals surface area (Å²) in [5, 5.41) is 17.4. The minimum Gasteiger partial charge on any atom is -0.457 e. The van der Waals surface area contributed by atoms with Crippen LogP contribution in [0.3, 0.4) is 0 Å². The fraction of sp³-hybridized carbons (Fsp3) is 0.200. The Kier molecular flexibility index (Phi) is 5.35. The lowest BCUT2D eigenvalue weighted by Gasteiger charge is -2.10. The molecule has 21 heavy (non-hydrogen) atoms. The van der Waals surface area contributed by atoms with E-state index in [2.05, 4.69) is 0 Å². The zero-order valence-electron chi connectivity index (χ0n) is 11.8. The van der Waals surface area contributed by atoms with Gasteiger partial charge in [0.25, 0.3) is 0 Å². The molecule has 0 unspecified atom stereocenters. The zero-order chi connectivity index (χ0) is 15.2. The Morgan fingerprint density at radius 3 is 2.29 bits per heavy atom. The molecule has 0 saturated carbocycles. The largest absolute Gasteiger partial charge is 0.634 e. The van der Waals surface area contributed by atoms with Gasteiger partial charge in [0, 0.05) is 6.54 Å². The van der Waals surface area contributed by atoms with E-state index in [4.69, 9.17) is 25.2 Å². The van der Waals surface area contributed by atoms with Crippen molar-refractivity contribution in [3.05, 3.63) is 59.2 Å². The normalized spacial score (nSPS) is 10.5. The van der Waals surface area contributed by atoms with Gasteiger partial charge in [-0.1, -0.05) is 18.2 Å². The first-order chi connectivity index (χ1) is 10.1. The van der Waals surface area contributed by atoms with E-state index < -0.39 is 7.32 Å². The molecule has 0 radical (unpaired) electrons. The van der Waals surface area contributed by atoms with E-state index in [1.165, 1.54) is 0 Å². The van der Waals surface area contributed by atoms with Crippen LogP contribution in [-0.2, 0) is 17.8 Å². The molecule has 4 N–H and O–H groups in total. The standard InChI is InChI=1S/C15H18BNO4/c1-11-8-15(7-4-13(11)10-20-16(18)19)21-14-5-2-12(9-17)3-6-14/h2-8,18-19H,9-10,17H2,1H3. The van der Waals surface area contributed by atoms with Crippen LogP contribution in [-0.4, -0.2) is 17.4 Å². The maximum atomic E-state index is 8.70. The molecule has 0 spiro atoms. The summed E-state index contributed by atoms with van der Waals surface area (Å²) in [6, 6.07) is 13.1. The first-order valence-electron chi connectivity index (χ1n) is 6.62. The van der Waals surface area contributed by atoms with Gasteiger partial charge in [0.1, 0.15) is 11.5 Å². The van der Waals surface area contributed by atoms with Gasteiger partial charge in [0.15, 0.2) is 0 Å². The van der Waals surface area contributed by atoms with Crippen molar-refractivity contribution in [3.63, 3.8) is 0 Å². The summed E-state index contributed by atoms with van der Waals surface area (Å²) >= 11 is 0. The number of nitrogens with two attached hydrogens (primary N) is 1. The Morgan fingerprint density at radius 2 is 1.71 bits per heavy atom. The van der Waals surface area contributed by atoms with Gasteiger partial charge >= 0.3 is 7.32 Å². The van der Waals surface area contributed by atoms with Crippen LogP contribution in [0.4, 0.5) is 0 Å². The Hall–Kier alpha value is -1.86. The SMILES string of the molecule is Cc1cc(Oc2ccc(CN)cc2)ccc1COB(O)O. The lowest BCUT2D eigenvalue weighted by atomic mass is 10.1. The predicted molar refractivity (Wildman–Crippen MR) is 80.6 cm³/mol. The second kappa shape index (κ2) is 7.24. The van der Waals surface area contributed by atoms with Crippen molar-refractivity contribution in [2.24, 2.45) is 5.73 Å². The van der Waals surface area contributed by atoms with E-state index >= 15 is 0 Å². The summed E-state index contributed by atoms with van der Waals surface area (Å²) < 4.78 is 10.5. The van der Waals surface area contributed by atoms with Gasteiger partial charge in [-0.05, 0) is 47.9 Å². The predicted octanol–water partition coefficient (Wildman–Crippen LogP) is 1.73. The van der Waals surface area contributed by atoms with Gasteiger partial charge in [-0.3, -0.25) is 0 Å². The quantitative estimate of drug-likeness (QED) is 0.705. The molecule has 0 atom stereocenters. The fourth-order valence-corrected chi connectivity index (χ4v) is 1.89. The summed E-state index contributed by atoms with van der Waals surface area (Å²) in [4.78, 5) is 0. The van der Waals surface area contributed by atoms with E-state index in [1.807, 2.05) is 49.4 Å². The number of rotatable bonds is 6. The van der Waals surface area contributed by atoms with Gasteiger partial charge in [-0.15, -0.1) is 0 Å². The molecule has 0 fully saturated rings. The van der Waals surface area contributed by atoms with E-state index in [9.17, 15) is 0 Å². The van der Waals surface area contributed by atoms with Crippen LogP contribution < -0.4 is 10.5 Å². The van der Waals surface area contributed by atoms with Crippen LogP contribution in [0.5, 0.6) is 11.5 Å². The van der Waals surface area contributed by atoms with Crippen LogP contribution in [0.25, 0.3) is 0 Å². The van der Waals surface area contributed by atoms with Crippen molar-refractivity contribution in [3.8, 4) is 11.5 Å². The average Bonchev–Trinajstić information content (AvgIpc) is 2.47. The van der Waals surface area contributed by atoms with Crippen molar-refractivity contribution in [1.82, 2.24) is 0 Å². The molecule has 0 aromatic heterocycles. The molecule has 2 rings (SSSR count). The lowest BCUT2D eigenvalue weighted by molar-refractivity contribution is 0.176. The monoisotopic (exact) mass is 287 g/mol. The van der Waals surface area contributed by atoms with Gasteiger partial charge < -0.3 is 25.2 Å². The van der Waals surface area contributed by atoms with Crippen molar-refractivity contribution in [2.75, 3.05) is 0 Å². The number of benzene rings is 2. The zero-order valence-corrected chi connectivity index (χ0v) is 11.8. The van der Waals surface area contributed by atoms with E-state index in [1.54, 1.807) is 0 Å². The first kappa shape index (κ1) is 15.5. The Labute approximate surface area is 124 Å². The Balaban J connectivity index is 2.05. The number of ether oxygens (including phenoxy) is 1. The van der Waals surface area contributed by atoms with Gasteiger partial charge in [-0.2, -0.15) is 0 Å². The molecule has 2 aromatic rings. The molecule has 0 bridgehead atoms. The van der Waals surface area contributed by atoms with Crippen LogP contribution in [0.1, 0.15) is 16.7 Å². The van der Waals surface area contributed by atoms with Crippen molar-refractivity contribution >= 4 is 7.32 Å². The van der Waals surface area contributed by atoms with Gasteiger partial charge in [-0.25, -0.2) is 0 Å². The second-order valence-corrected chi connectivity index (χ2v) is 4.68. The minimum atomic E-state index is -1.76. The fourth-order valence-electron chi connectivity index (χ4n) is 1.89. The molecule has 0 aliphatic carbocycles. The topological polar surface area (TPSA) is 84.9 Å². The van der Waals surface area contributed by atoms with Crippen molar-refractivity contribution < 1.29 is 19.4 Å². The highest BCUT2D eigenvalue weighted by atomic mass is 16.6. The molecular formula is C15H18BNO4.